The lowest BCUT2D eigenvalue weighted by molar-refractivity contribution is -0.134. The Balaban J connectivity index is 0.965. The van der Waals surface area contributed by atoms with E-state index >= 15 is 0 Å². The van der Waals surface area contributed by atoms with Crippen LogP contribution >= 0.6 is 11.3 Å². The summed E-state index contributed by atoms with van der Waals surface area (Å²) in [5.41, 5.74) is 2.85. The summed E-state index contributed by atoms with van der Waals surface area (Å²) in [5, 5.41) is 16.9. The first-order chi connectivity index (χ1) is 20.7. The van der Waals surface area contributed by atoms with Gasteiger partial charge in [0.15, 0.2) is 5.01 Å². The first-order valence-electron chi connectivity index (χ1n) is 15.3. The van der Waals surface area contributed by atoms with E-state index in [2.05, 4.69) is 66.3 Å². The zero-order chi connectivity index (χ0) is 30.0. The van der Waals surface area contributed by atoms with Crippen LogP contribution in [-0.2, 0) is 9.59 Å². The number of hydrogen-bond donors (Lipinski definition) is 2. The molecular weight excluding hydrogens is 562 g/mol. The number of carbonyl (C=O) groups is 2. The van der Waals surface area contributed by atoms with Crippen molar-refractivity contribution in [3.8, 4) is 10.6 Å². The number of hydrogen-bond acceptors (Lipinski definition) is 11. The van der Waals surface area contributed by atoms with E-state index in [0.29, 0.717) is 18.8 Å². The Morgan fingerprint density at radius 2 is 1.74 bits per heavy atom. The van der Waals surface area contributed by atoms with Crippen molar-refractivity contribution >= 4 is 39.8 Å². The van der Waals surface area contributed by atoms with Gasteiger partial charge in [-0.1, -0.05) is 17.4 Å². The maximum Gasteiger partial charge on any atom is 0.234 e. The number of nitrogens with zero attached hydrogens (tertiary/aromatic N) is 7. The van der Waals surface area contributed by atoms with Gasteiger partial charge in [0.1, 0.15) is 5.82 Å². The van der Waals surface area contributed by atoms with Crippen molar-refractivity contribution in [3.63, 3.8) is 0 Å². The number of carbonyl (C=O) groups excluding carboxylic acids is 2. The highest BCUT2D eigenvalue weighted by Crippen LogP contribution is 2.34. The molecule has 6 rings (SSSR count). The van der Waals surface area contributed by atoms with Crippen LogP contribution in [0, 0.1) is 5.92 Å². The van der Waals surface area contributed by atoms with E-state index in [1.807, 2.05) is 30.6 Å². The number of rotatable bonds is 7. The van der Waals surface area contributed by atoms with E-state index < -0.39 is 0 Å². The predicted octanol–water partition coefficient (Wildman–Crippen LogP) is 3.76. The lowest BCUT2D eigenvalue weighted by atomic mass is 9.91. The second-order valence-corrected chi connectivity index (χ2v) is 13.8. The van der Waals surface area contributed by atoms with Gasteiger partial charge in [-0.2, -0.15) is 0 Å². The van der Waals surface area contributed by atoms with E-state index in [4.69, 9.17) is 0 Å². The minimum atomic E-state index is -0.288. The SMILES string of the molecule is CC(C)(C)Nc1ccncc1-c1nnc(N2CCN(CC3CCN(c4ccc([C@@H]5CCC(=O)NC5=O)cn4)CC3)CC2)s1. The summed E-state index contributed by atoms with van der Waals surface area (Å²) in [4.78, 5) is 40.0. The van der Waals surface area contributed by atoms with Crippen molar-refractivity contribution < 1.29 is 9.59 Å². The quantitative estimate of drug-likeness (QED) is 0.386. The molecule has 43 heavy (non-hydrogen) atoms. The zero-order valence-electron chi connectivity index (χ0n) is 25.3. The minimum Gasteiger partial charge on any atom is -0.380 e. The summed E-state index contributed by atoms with van der Waals surface area (Å²) in [5.74, 6) is 0.952. The van der Waals surface area contributed by atoms with Gasteiger partial charge in [-0.15, -0.1) is 10.2 Å². The van der Waals surface area contributed by atoms with Crippen LogP contribution in [0.25, 0.3) is 10.6 Å². The largest absolute Gasteiger partial charge is 0.380 e. The monoisotopic (exact) mass is 603 g/mol. The van der Waals surface area contributed by atoms with Crippen LogP contribution in [0.15, 0.2) is 36.8 Å². The fourth-order valence-electron chi connectivity index (χ4n) is 6.16. The van der Waals surface area contributed by atoms with Crippen LogP contribution < -0.4 is 20.4 Å². The number of imide groups is 1. The van der Waals surface area contributed by atoms with Gasteiger partial charge in [-0.25, -0.2) is 4.98 Å². The van der Waals surface area contributed by atoms with E-state index in [-0.39, 0.29) is 23.3 Å². The Morgan fingerprint density at radius 1 is 0.953 bits per heavy atom. The second kappa shape index (κ2) is 12.5. The van der Waals surface area contributed by atoms with Crippen molar-refractivity contribution in [3.05, 3.63) is 42.4 Å². The summed E-state index contributed by atoms with van der Waals surface area (Å²) in [7, 11) is 0. The van der Waals surface area contributed by atoms with E-state index in [0.717, 1.165) is 91.4 Å². The number of amides is 2. The number of piperazine rings is 1. The third kappa shape index (κ3) is 7.13. The van der Waals surface area contributed by atoms with Crippen LogP contribution in [0.5, 0.6) is 0 Å². The maximum atomic E-state index is 12.2. The molecule has 2 N–H and O–H groups in total. The highest BCUT2D eigenvalue weighted by molar-refractivity contribution is 7.18. The van der Waals surface area contributed by atoms with Crippen molar-refractivity contribution in [2.45, 2.75) is 57.9 Å². The molecular formula is C31H41N9O2S. The van der Waals surface area contributed by atoms with Crippen LogP contribution in [0.4, 0.5) is 16.6 Å². The minimum absolute atomic E-state index is 0.0571. The van der Waals surface area contributed by atoms with Crippen LogP contribution in [0.3, 0.4) is 0 Å². The first-order valence-corrected chi connectivity index (χ1v) is 16.1. The van der Waals surface area contributed by atoms with Crippen molar-refractivity contribution in [1.82, 2.24) is 30.4 Å². The topological polar surface area (TPSA) is 119 Å². The number of aromatic nitrogens is 4. The van der Waals surface area contributed by atoms with Crippen LogP contribution in [-0.4, -0.2) is 88.2 Å². The summed E-state index contributed by atoms with van der Waals surface area (Å²) in [6.45, 7) is 13.5. The van der Waals surface area contributed by atoms with Crippen LogP contribution in [0.2, 0.25) is 0 Å². The zero-order valence-corrected chi connectivity index (χ0v) is 26.1. The predicted molar refractivity (Wildman–Crippen MR) is 169 cm³/mol. The first kappa shape index (κ1) is 29.4. The lowest BCUT2D eigenvalue weighted by Crippen LogP contribution is -2.49. The average molecular weight is 604 g/mol. The Labute approximate surface area is 257 Å². The fraction of sp³-hybridized carbons (Fsp3) is 0.548. The fourth-order valence-corrected chi connectivity index (χ4v) is 7.08. The molecule has 0 bridgehead atoms. The molecule has 2 amide bonds. The van der Waals surface area contributed by atoms with Gasteiger partial charge in [-0.3, -0.25) is 24.8 Å². The van der Waals surface area contributed by atoms with Crippen molar-refractivity contribution in [2.24, 2.45) is 5.92 Å². The number of anilines is 3. The normalized spacial score (nSPS) is 20.8. The van der Waals surface area contributed by atoms with Gasteiger partial charge >= 0.3 is 0 Å². The molecule has 0 saturated carbocycles. The standard InChI is InChI=1S/C31H41N9O2S/c1-31(2,3)35-25-8-11-32-19-24(25)29-36-37-30(43-29)40-16-14-38(15-17-40)20-21-9-12-39(13-10-21)26-6-4-22(18-33-26)23-5-7-27(41)34-28(23)42/h4,6,8,11,18-19,21,23H,5,7,9-10,12-17,20H2,1-3H3,(H,32,35)(H,34,41,42)/t23-/m0/s1. The third-order valence-electron chi connectivity index (χ3n) is 8.49. The molecule has 1 atom stereocenters. The Bertz CT molecular complexity index is 1420. The molecule has 0 spiro atoms. The molecule has 0 radical (unpaired) electrons. The lowest BCUT2D eigenvalue weighted by Gasteiger charge is -2.39. The molecule has 3 fully saturated rings. The van der Waals surface area contributed by atoms with Gasteiger partial charge in [-0.05, 0) is 63.6 Å². The summed E-state index contributed by atoms with van der Waals surface area (Å²) in [6.07, 6.45) is 8.71. The van der Waals surface area contributed by atoms with Gasteiger partial charge in [0.05, 0.1) is 11.5 Å². The van der Waals surface area contributed by atoms with Crippen molar-refractivity contribution in [1.29, 1.82) is 0 Å². The second-order valence-electron chi connectivity index (χ2n) is 12.9. The van der Waals surface area contributed by atoms with E-state index in [9.17, 15) is 9.59 Å². The molecule has 0 aliphatic carbocycles. The molecule has 11 nitrogen and oxygen atoms in total. The molecule has 3 aliphatic rings. The summed E-state index contributed by atoms with van der Waals surface area (Å²) >= 11 is 1.64. The third-order valence-corrected chi connectivity index (χ3v) is 9.50. The Hall–Kier alpha value is -3.64. The number of piperidine rings is 2. The number of pyridine rings is 2. The average Bonchev–Trinajstić information content (AvgIpc) is 3.48. The molecule has 3 saturated heterocycles. The van der Waals surface area contributed by atoms with Crippen molar-refractivity contribution in [2.75, 3.05) is 60.9 Å². The molecule has 3 aromatic rings. The van der Waals surface area contributed by atoms with Gasteiger partial charge in [0.2, 0.25) is 16.9 Å². The van der Waals surface area contributed by atoms with Gasteiger partial charge < -0.3 is 15.1 Å². The van der Waals surface area contributed by atoms with E-state index in [1.165, 1.54) is 0 Å². The molecule has 3 aliphatic heterocycles. The smallest absolute Gasteiger partial charge is 0.234 e. The van der Waals surface area contributed by atoms with Crippen LogP contribution in [0.1, 0.15) is 57.9 Å². The number of nitrogens with one attached hydrogen (secondary N) is 2. The summed E-state index contributed by atoms with van der Waals surface area (Å²) in [6, 6.07) is 6.02. The molecule has 3 aromatic heterocycles. The molecule has 12 heteroatoms. The van der Waals surface area contributed by atoms with Gasteiger partial charge in [0.25, 0.3) is 0 Å². The Kier molecular flexibility index (Phi) is 8.58. The van der Waals surface area contributed by atoms with E-state index in [1.54, 1.807) is 17.5 Å². The highest BCUT2D eigenvalue weighted by atomic mass is 32.1. The Morgan fingerprint density at radius 3 is 2.44 bits per heavy atom. The molecule has 0 aromatic carbocycles. The molecule has 0 unspecified atom stereocenters. The molecule has 6 heterocycles. The van der Waals surface area contributed by atoms with Gasteiger partial charge in [0, 0.05) is 82.1 Å². The maximum absolute atomic E-state index is 12.2. The highest BCUT2D eigenvalue weighted by Gasteiger charge is 2.29. The summed E-state index contributed by atoms with van der Waals surface area (Å²) < 4.78 is 0. The molecule has 228 valence electrons.